The standard InChI is InChI=1S/C29H34Cl2N8O7S4/c1-5-21(26(40)32-15-13-24-33-35-27(47-24)37-49(42,43)22-11-7-9-19(30)17(22)3)46-29(41)39(6-2)16-14-25-34-36-28(48-25)38-50(44,45)23-12-8-10-20(31)18(23)4/h7-12,21H,5-6,13-16H2,1-4H3,(H,32,40)(H,35,37)(H,36,38). The molecule has 3 N–H and O–H groups in total. The number of halogens is 2. The van der Waals surface area contributed by atoms with E-state index in [1.807, 2.05) is 0 Å². The van der Waals surface area contributed by atoms with Crippen molar-refractivity contribution >= 4 is 88.2 Å². The van der Waals surface area contributed by atoms with E-state index < -0.39 is 38.2 Å². The monoisotopic (exact) mass is 804 g/mol. The minimum atomic E-state index is -3.95. The van der Waals surface area contributed by atoms with E-state index >= 15 is 0 Å². The van der Waals surface area contributed by atoms with Crippen molar-refractivity contribution in [2.24, 2.45) is 0 Å². The molecule has 0 aliphatic heterocycles. The highest BCUT2D eigenvalue weighted by molar-refractivity contribution is 7.93. The first kappa shape index (κ1) is 39.2. The number of nitrogens with one attached hydrogen (secondary N) is 3. The number of carbonyl (C=O) groups excluding carboxylic acids is 2. The molecule has 21 heteroatoms. The number of ether oxygens (including phenoxy) is 1. The Labute approximate surface area is 307 Å². The van der Waals surface area contributed by atoms with Crippen LogP contribution in [-0.4, -0.2) is 79.9 Å². The second-order valence-corrected chi connectivity index (χ2v) is 16.8. The molecule has 4 aromatic rings. The molecule has 2 heterocycles. The molecule has 270 valence electrons. The summed E-state index contributed by atoms with van der Waals surface area (Å²) in [5, 5.41) is 20.2. The van der Waals surface area contributed by atoms with Crippen molar-refractivity contribution in [3.63, 3.8) is 0 Å². The van der Waals surface area contributed by atoms with Crippen molar-refractivity contribution in [1.29, 1.82) is 0 Å². The van der Waals surface area contributed by atoms with Crippen molar-refractivity contribution in [2.45, 2.75) is 62.9 Å². The summed E-state index contributed by atoms with van der Waals surface area (Å²) < 4.78 is 61.6. The highest BCUT2D eigenvalue weighted by atomic mass is 35.5. The second kappa shape index (κ2) is 17.1. The van der Waals surface area contributed by atoms with Gasteiger partial charge in [0.2, 0.25) is 10.3 Å². The number of hydrogen-bond acceptors (Lipinski definition) is 13. The van der Waals surface area contributed by atoms with Gasteiger partial charge in [0, 0.05) is 42.5 Å². The largest absolute Gasteiger partial charge is 0.436 e. The number of anilines is 2. The zero-order valence-electron chi connectivity index (χ0n) is 27.3. The highest BCUT2D eigenvalue weighted by Crippen LogP contribution is 2.27. The fourth-order valence-corrected chi connectivity index (χ4v) is 9.35. The van der Waals surface area contributed by atoms with Crippen LogP contribution in [0.1, 0.15) is 41.4 Å². The Bertz CT molecular complexity index is 2060. The molecule has 2 aromatic carbocycles. The predicted octanol–water partition coefficient (Wildman–Crippen LogP) is 5.05. The van der Waals surface area contributed by atoms with E-state index in [-0.39, 0.29) is 59.0 Å². The van der Waals surface area contributed by atoms with Crippen LogP contribution < -0.4 is 14.8 Å². The smallest absolute Gasteiger partial charge is 0.410 e. The van der Waals surface area contributed by atoms with E-state index in [4.69, 9.17) is 27.9 Å². The number of likely N-dealkylation sites (N-methyl/N-ethyl adjacent to an activating group) is 1. The molecular weight excluding hydrogens is 772 g/mol. The summed E-state index contributed by atoms with van der Waals surface area (Å²) in [5.74, 6) is -0.505. The molecule has 1 atom stereocenters. The van der Waals surface area contributed by atoms with Crippen LogP contribution in [0.3, 0.4) is 0 Å². The van der Waals surface area contributed by atoms with E-state index in [0.29, 0.717) is 31.2 Å². The van der Waals surface area contributed by atoms with Crippen LogP contribution in [0.25, 0.3) is 0 Å². The van der Waals surface area contributed by atoms with Crippen molar-refractivity contribution in [3.05, 3.63) is 67.6 Å². The molecule has 2 amide bonds. The van der Waals surface area contributed by atoms with Gasteiger partial charge in [0.05, 0.1) is 9.79 Å². The van der Waals surface area contributed by atoms with Crippen molar-refractivity contribution in [1.82, 2.24) is 30.6 Å². The first-order chi connectivity index (χ1) is 23.6. The third-order valence-electron chi connectivity index (χ3n) is 7.17. The molecule has 0 saturated carbocycles. The quantitative estimate of drug-likeness (QED) is 0.137. The third-order valence-corrected chi connectivity index (χ3v) is 13.0. The maximum Gasteiger partial charge on any atom is 0.410 e. The number of aromatic nitrogens is 4. The lowest BCUT2D eigenvalue weighted by Gasteiger charge is -2.23. The van der Waals surface area contributed by atoms with Crippen LogP contribution in [0.5, 0.6) is 0 Å². The van der Waals surface area contributed by atoms with E-state index in [9.17, 15) is 26.4 Å². The predicted molar refractivity (Wildman–Crippen MR) is 192 cm³/mol. The van der Waals surface area contributed by atoms with Gasteiger partial charge in [-0.05, 0) is 62.6 Å². The topological polar surface area (TPSA) is 203 Å². The Hall–Kier alpha value is -3.62. The minimum Gasteiger partial charge on any atom is -0.436 e. The Morgan fingerprint density at radius 1 is 0.820 bits per heavy atom. The number of carbonyl (C=O) groups is 2. The third kappa shape index (κ3) is 10.0. The van der Waals surface area contributed by atoms with Crippen LogP contribution in [0.2, 0.25) is 10.0 Å². The van der Waals surface area contributed by atoms with Crippen LogP contribution >= 0.6 is 45.9 Å². The lowest BCUT2D eigenvalue weighted by atomic mass is 10.2. The lowest BCUT2D eigenvalue weighted by Crippen LogP contribution is -2.42. The second-order valence-electron chi connectivity index (χ2n) is 10.6. The summed E-state index contributed by atoms with van der Waals surface area (Å²) in [5.41, 5.74) is 0.809. The molecule has 0 spiro atoms. The summed E-state index contributed by atoms with van der Waals surface area (Å²) in [6, 6.07) is 9.14. The molecule has 2 aromatic heterocycles. The molecule has 0 fully saturated rings. The van der Waals surface area contributed by atoms with E-state index in [1.165, 1.54) is 29.2 Å². The molecule has 0 aliphatic rings. The number of benzene rings is 2. The Morgan fingerprint density at radius 3 is 1.80 bits per heavy atom. The number of sulfonamides is 2. The van der Waals surface area contributed by atoms with E-state index in [0.717, 1.165) is 22.7 Å². The number of hydrogen-bond donors (Lipinski definition) is 3. The zero-order chi connectivity index (χ0) is 36.6. The van der Waals surface area contributed by atoms with Gasteiger partial charge >= 0.3 is 6.09 Å². The Balaban J connectivity index is 1.24. The summed E-state index contributed by atoms with van der Waals surface area (Å²) in [4.78, 5) is 27.2. The van der Waals surface area contributed by atoms with Gasteiger partial charge in [-0.1, -0.05) is 64.9 Å². The van der Waals surface area contributed by atoms with Gasteiger partial charge < -0.3 is 15.0 Å². The molecule has 0 saturated heterocycles. The summed E-state index contributed by atoms with van der Waals surface area (Å²) in [6.45, 7) is 7.26. The highest BCUT2D eigenvalue weighted by Gasteiger charge is 2.25. The molecule has 0 radical (unpaired) electrons. The van der Waals surface area contributed by atoms with Crippen molar-refractivity contribution in [2.75, 3.05) is 29.1 Å². The molecular formula is C29H34Cl2N8O7S4. The first-order valence-corrected chi connectivity index (χ1v) is 20.4. The molecule has 50 heavy (non-hydrogen) atoms. The van der Waals surface area contributed by atoms with E-state index in [2.05, 4.69) is 35.2 Å². The van der Waals surface area contributed by atoms with Crippen LogP contribution in [-0.2, 0) is 42.4 Å². The Kier molecular flexibility index (Phi) is 13.4. The zero-order valence-corrected chi connectivity index (χ0v) is 32.0. The van der Waals surface area contributed by atoms with Crippen LogP contribution in [0, 0.1) is 13.8 Å². The van der Waals surface area contributed by atoms with Gasteiger partial charge in [-0.25, -0.2) is 21.6 Å². The first-order valence-electron chi connectivity index (χ1n) is 15.1. The van der Waals surface area contributed by atoms with E-state index in [1.54, 1.807) is 39.8 Å². The summed E-state index contributed by atoms with van der Waals surface area (Å²) in [7, 11) is -7.89. The van der Waals surface area contributed by atoms with Crippen molar-refractivity contribution < 1.29 is 31.2 Å². The summed E-state index contributed by atoms with van der Waals surface area (Å²) in [6.07, 6.45) is -1.03. The fourth-order valence-electron chi connectivity index (χ4n) is 4.42. The van der Waals surface area contributed by atoms with Gasteiger partial charge in [-0.2, -0.15) is 0 Å². The van der Waals surface area contributed by atoms with Crippen LogP contribution in [0.15, 0.2) is 46.2 Å². The summed E-state index contributed by atoms with van der Waals surface area (Å²) >= 11 is 14.2. The molecule has 15 nitrogen and oxygen atoms in total. The Morgan fingerprint density at radius 2 is 1.32 bits per heavy atom. The molecule has 0 aliphatic carbocycles. The molecule has 4 rings (SSSR count). The number of amides is 2. The average molecular weight is 806 g/mol. The number of nitrogens with zero attached hydrogens (tertiary/aromatic N) is 5. The van der Waals surface area contributed by atoms with Gasteiger partial charge in [0.25, 0.3) is 26.0 Å². The number of rotatable bonds is 16. The normalized spacial score (nSPS) is 12.3. The molecule has 0 bridgehead atoms. The maximum absolute atomic E-state index is 12.9. The maximum atomic E-state index is 12.9. The van der Waals surface area contributed by atoms with Gasteiger partial charge in [-0.3, -0.25) is 14.2 Å². The van der Waals surface area contributed by atoms with Crippen molar-refractivity contribution in [3.8, 4) is 0 Å². The fraction of sp³-hybridized carbons (Fsp3) is 0.379. The molecule has 1 unspecified atom stereocenters. The minimum absolute atomic E-state index is 0.0241. The SMILES string of the molecule is CCC(OC(=O)N(CC)CCc1nnc(NS(=O)(=O)c2cccc(Cl)c2C)s1)C(=O)NCCc1nnc(NS(=O)(=O)c2cccc(Cl)c2C)s1. The van der Waals surface area contributed by atoms with Gasteiger partial charge in [0.1, 0.15) is 10.0 Å². The van der Waals surface area contributed by atoms with Gasteiger partial charge in [0.15, 0.2) is 6.10 Å². The van der Waals surface area contributed by atoms with Gasteiger partial charge in [-0.15, -0.1) is 20.4 Å². The lowest BCUT2D eigenvalue weighted by molar-refractivity contribution is -0.130. The van der Waals surface area contributed by atoms with Crippen LogP contribution in [0.4, 0.5) is 15.1 Å². The average Bonchev–Trinajstić information content (AvgIpc) is 3.70.